The molecule has 2 amide bonds. The number of hydrogen-bond acceptors (Lipinski definition) is 4. The van der Waals surface area contributed by atoms with Crippen LogP contribution in [0, 0.1) is 6.92 Å². The minimum absolute atomic E-state index is 0.0640. The molecule has 2 atom stereocenters. The van der Waals surface area contributed by atoms with Crippen molar-refractivity contribution in [3.05, 3.63) is 21.9 Å². The Bertz CT molecular complexity index is 571. The van der Waals surface area contributed by atoms with E-state index < -0.39 is 0 Å². The lowest BCUT2D eigenvalue weighted by molar-refractivity contribution is -0.163. The van der Waals surface area contributed by atoms with Gasteiger partial charge in [-0.2, -0.15) is 0 Å². The van der Waals surface area contributed by atoms with Gasteiger partial charge in [-0.25, -0.2) is 0 Å². The molecule has 2 fully saturated rings. The molecule has 1 aromatic rings. The molecule has 0 saturated carbocycles. The van der Waals surface area contributed by atoms with Gasteiger partial charge in [-0.3, -0.25) is 14.5 Å². The van der Waals surface area contributed by atoms with Crippen LogP contribution in [0.15, 0.2) is 12.1 Å². The van der Waals surface area contributed by atoms with Crippen LogP contribution in [0.25, 0.3) is 0 Å². The van der Waals surface area contributed by atoms with E-state index >= 15 is 0 Å². The van der Waals surface area contributed by atoms with Gasteiger partial charge in [0.1, 0.15) is 12.1 Å². The lowest BCUT2D eigenvalue weighted by atomic mass is 10.0. The number of rotatable bonds is 2. The Balaban J connectivity index is 1.72. The van der Waals surface area contributed by atoms with Crippen molar-refractivity contribution in [3.8, 4) is 0 Å². The summed E-state index contributed by atoms with van der Waals surface area (Å²) in [5.74, 6) is 0.142. The van der Waals surface area contributed by atoms with Crippen molar-refractivity contribution in [2.75, 3.05) is 26.7 Å². The molecular formula is C15H21N3O2S. The lowest BCUT2D eigenvalue weighted by Gasteiger charge is -2.47. The van der Waals surface area contributed by atoms with Crippen molar-refractivity contribution in [1.82, 2.24) is 14.7 Å². The SMILES string of the molecule is Cc1ccc(CN2CCN3C(=O)[C@H](C)N(C)C(=O)[C@H]3C2)s1. The summed E-state index contributed by atoms with van der Waals surface area (Å²) in [5.41, 5.74) is 0. The summed E-state index contributed by atoms with van der Waals surface area (Å²) < 4.78 is 0. The number of nitrogens with zero attached hydrogens (tertiary/aromatic N) is 3. The van der Waals surface area contributed by atoms with E-state index in [4.69, 9.17) is 0 Å². The molecule has 0 aliphatic carbocycles. The average Bonchev–Trinajstić information content (AvgIpc) is 2.88. The van der Waals surface area contributed by atoms with Crippen LogP contribution in [0.2, 0.25) is 0 Å². The highest BCUT2D eigenvalue weighted by atomic mass is 32.1. The fraction of sp³-hybridized carbons (Fsp3) is 0.600. The van der Waals surface area contributed by atoms with Crippen LogP contribution in [0.5, 0.6) is 0 Å². The molecule has 2 aliphatic rings. The summed E-state index contributed by atoms with van der Waals surface area (Å²) in [6.45, 7) is 6.89. The van der Waals surface area contributed by atoms with Gasteiger partial charge in [0.15, 0.2) is 0 Å². The minimum Gasteiger partial charge on any atom is -0.332 e. The van der Waals surface area contributed by atoms with Gasteiger partial charge in [-0.1, -0.05) is 0 Å². The standard InChI is InChI=1S/C15H21N3O2S/c1-10-4-5-12(21-10)8-17-6-7-18-13(9-17)15(20)16(3)11(2)14(18)19/h4-5,11,13H,6-9H2,1-3H3/t11-,13+/m0/s1. The molecule has 2 aliphatic heterocycles. The van der Waals surface area contributed by atoms with Gasteiger partial charge in [-0.05, 0) is 26.0 Å². The average molecular weight is 307 g/mol. The molecule has 5 nitrogen and oxygen atoms in total. The topological polar surface area (TPSA) is 43.9 Å². The van der Waals surface area contributed by atoms with Crippen molar-refractivity contribution in [1.29, 1.82) is 0 Å². The van der Waals surface area contributed by atoms with Crippen LogP contribution in [0.4, 0.5) is 0 Å². The van der Waals surface area contributed by atoms with Crippen LogP contribution >= 0.6 is 11.3 Å². The maximum Gasteiger partial charge on any atom is 0.247 e. The minimum atomic E-state index is -0.333. The number of thiophene rings is 1. The van der Waals surface area contributed by atoms with E-state index in [2.05, 4.69) is 24.0 Å². The number of aryl methyl sites for hydroxylation is 1. The first-order valence-corrected chi connectivity index (χ1v) is 8.14. The maximum absolute atomic E-state index is 12.4. The molecular weight excluding hydrogens is 286 g/mol. The monoisotopic (exact) mass is 307 g/mol. The summed E-state index contributed by atoms with van der Waals surface area (Å²) >= 11 is 1.80. The number of amides is 2. The number of hydrogen-bond donors (Lipinski definition) is 0. The Labute approximate surface area is 129 Å². The summed E-state index contributed by atoms with van der Waals surface area (Å²) in [6.07, 6.45) is 0. The third-order valence-electron chi connectivity index (χ3n) is 4.49. The Morgan fingerprint density at radius 3 is 2.67 bits per heavy atom. The van der Waals surface area contributed by atoms with E-state index in [0.717, 1.165) is 13.1 Å². The largest absolute Gasteiger partial charge is 0.332 e. The highest BCUT2D eigenvalue weighted by Crippen LogP contribution is 2.23. The number of likely N-dealkylation sites (N-methyl/N-ethyl adjacent to an activating group) is 1. The van der Waals surface area contributed by atoms with Crippen LogP contribution < -0.4 is 0 Å². The molecule has 1 aromatic heterocycles. The van der Waals surface area contributed by atoms with Gasteiger partial charge in [0.25, 0.3) is 0 Å². The lowest BCUT2D eigenvalue weighted by Crippen LogP contribution is -2.68. The third kappa shape index (κ3) is 2.58. The highest BCUT2D eigenvalue weighted by molar-refractivity contribution is 7.11. The van der Waals surface area contributed by atoms with Crippen LogP contribution in [0.1, 0.15) is 16.7 Å². The molecule has 0 radical (unpaired) electrons. The third-order valence-corrected chi connectivity index (χ3v) is 5.48. The second-order valence-electron chi connectivity index (χ2n) is 5.92. The fourth-order valence-electron chi connectivity index (χ4n) is 3.08. The fourth-order valence-corrected chi connectivity index (χ4v) is 4.01. The van der Waals surface area contributed by atoms with Crippen LogP contribution in [-0.2, 0) is 16.1 Å². The van der Waals surface area contributed by atoms with E-state index in [1.54, 1.807) is 35.1 Å². The number of fused-ring (bicyclic) bond motifs is 1. The Morgan fingerprint density at radius 1 is 1.24 bits per heavy atom. The second kappa shape index (κ2) is 5.42. The number of carbonyl (C=O) groups excluding carboxylic acids is 2. The van der Waals surface area contributed by atoms with Gasteiger partial charge in [0.2, 0.25) is 11.8 Å². The number of piperazine rings is 2. The molecule has 114 valence electrons. The summed E-state index contributed by atoms with van der Waals surface area (Å²) in [5, 5.41) is 0. The Morgan fingerprint density at radius 2 is 2.00 bits per heavy atom. The van der Waals surface area contributed by atoms with E-state index in [-0.39, 0.29) is 23.9 Å². The van der Waals surface area contributed by atoms with Crippen LogP contribution in [-0.4, -0.2) is 65.3 Å². The Kier molecular flexibility index (Phi) is 3.75. The molecule has 6 heteroatoms. The highest BCUT2D eigenvalue weighted by Gasteiger charge is 2.44. The maximum atomic E-state index is 12.4. The van der Waals surface area contributed by atoms with Gasteiger partial charge < -0.3 is 9.80 Å². The van der Waals surface area contributed by atoms with Crippen molar-refractivity contribution < 1.29 is 9.59 Å². The predicted molar refractivity (Wildman–Crippen MR) is 82.1 cm³/mol. The molecule has 2 saturated heterocycles. The van der Waals surface area contributed by atoms with Crippen molar-refractivity contribution in [2.45, 2.75) is 32.5 Å². The molecule has 3 rings (SSSR count). The van der Waals surface area contributed by atoms with E-state index in [0.29, 0.717) is 13.1 Å². The van der Waals surface area contributed by atoms with Gasteiger partial charge in [-0.15, -0.1) is 11.3 Å². The first-order valence-electron chi connectivity index (χ1n) is 7.32. The van der Waals surface area contributed by atoms with E-state index in [9.17, 15) is 9.59 Å². The Hall–Kier alpha value is -1.40. The molecule has 21 heavy (non-hydrogen) atoms. The van der Waals surface area contributed by atoms with Crippen molar-refractivity contribution in [2.24, 2.45) is 0 Å². The van der Waals surface area contributed by atoms with Gasteiger partial charge >= 0.3 is 0 Å². The molecule has 0 unspecified atom stereocenters. The summed E-state index contributed by atoms with van der Waals surface area (Å²) in [7, 11) is 1.73. The molecule has 0 N–H and O–H groups in total. The first kappa shape index (κ1) is 14.5. The molecule has 3 heterocycles. The predicted octanol–water partition coefficient (Wildman–Crippen LogP) is 0.930. The number of carbonyl (C=O) groups is 2. The quantitative estimate of drug-likeness (QED) is 0.816. The molecule has 0 aromatic carbocycles. The molecule has 0 spiro atoms. The van der Waals surface area contributed by atoms with Gasteiger partial charge in [0.05, 0.1) is 0 Å². The smallest absolute Gasteiger partial charge is 0.247 e. The zero-order valence-electron chi connectivity index (χ0n) is 12.7. The summed E-state index contributed by atoms with van der Waals surface area (Å²) in [4.78, 5) is 33.0. The van der Waals surface area contributed by atoms with E-state index in [1.165, 1.54) is 9.75 Å². The first-order chi connectivity index (χ1) is 9.97. The van der Waals surface area contributed by atoms with E-state index in [1.807, 2.05) is 0 Å². The van der Waals surface area contributed by atoms with Crippen molar-refractivity contribution in [3.63, 3.8) is 0 Å². The van der Waals surface area contributed by atoms with Gasteiger partial charge in [0, 0.05) is 43.0 Å². The normalized spacial score (nSPS) is 27.2. The van der Waals surface area contributed by atoms with Crippen molar-refractivity contribution >= 4 is 23.2 Å². The van der Waals surface area contributed by atoms with Crippen LogP contribution in [0.3, 0.4) is 0 Å². The zero-order valence-corrected chi connectivity index (χ0v) is 13.5. The summed E-state index contributed by atoms with van der Waals surface area (Å²) in [6, 6.07) is 3.63. The molecule has 0 bridgehead atoms. The second-order valence-corrected chi connectivity index (χ2v) is 7.29. The zero-order chi connectivity index (χ0) is 15.1.